The molecule has 1 amide bonds. The normalized spacial score (nSPS) is 12.2. The molecule has 7 heteroatoms. The fourth-order valence-electron chi connectivity index (χ4n) is 2.34. The van der Waals surface area contributed by atoms with Crippen molar-refractivity contribution in [3.63, 3.8) is 0 Å². The molecule has 1 heterocycles. The summed E-state index contributed by atoms with van der Waals surface area (Å²) in [7, 11) is 1.60. The quantitative estimate of drug-likeness (QED) is 0.730. The zero-order valence-corrected chi connectivity index (χ0v) is 14.5. The van der Waals surface area contributed by atoms with E-state index in [-0.39, 0.29) is 25.7 Å². The molecule has 26 heavy (non-hydrogen) atoms. The number of hydrogen-bond donors (Lipinski definition) is 1. The Morgan fingerprint density at radius 3 is 2.42 bits per heavy atom. The molecule has 0 unspecified atom stereocenters. The molecule has 0 saturated carbocycles. The van der Waals surface area contributed by atoms with E-state index in [0.717, 1.165) is 5.75 Å². The van der Waals surface area contributed by atoms with E-state index in [1.165, 1.54) is 0 Å². The second kappa shape index (κ2) is 8.84. The van der Waals surface area contributed by atoms with E-state index in [0.29, 0.717) is 36.2 Å². The van der Waals surface area contributed by atoms with Crippen molar-refractivity contribution in [1.82, 2.24) is 5.32 Å². The molecule has 0 radical (unpaired) electrons. The first kappa shape index (κ1) is 17.7. The van der Waals surface area contributed by atoms with E-state index >= 15 is 0 Å². The number of methoxy groups -OCH3 is 1. The molecule has 1 aliphatic heterocycles. The zero-order valence-electron chi connectivity index (χ0n) is 14.5. The molecule has 0 bridgehead atoms. The van der Waals surface area contributed by atoms with Crippen LogP contribution in [0.25, 0.3) is 0 Å². The van der Waals surface area contributed by atoms with Crippen molar-refractivity contribution in [3.05, 3.63) is 42.5 Å². The molecule has 0 spiro atoms. The summed E-state index contributed by atoms with van der Waals surface area (Å²) in [6.07, 6.45) is 0.233. The Labute approximate surface area is 151 Å². The summed E-state index contributed by atoms with van der Waals surface area (Å²) < 4.78 is 27.0. The number of carbonyl (C=O) groups excluding carboxylic acids is 1. The van der Waals surface area contributed by atoms with E-state index in [4.69, 9.17) is 23.7 Å². The molecule has 138 valence electrons. The topological polar surface area (TPSA) is 75.3 Å². The van der Waals surface area contributed by atoms with Gasteiger partial charge < -0.3 is 29.0 Å². The van der Waals surface area contributed by atoms with E-state index in [1.54, 1.807) is 49.6 Å². The first-order valence-corrected chi connectivity index (χ1v) is 8.30. The summed E-state index contributed by atoms with van der Waals surface area (Å²) in [5.41, 5.74) is 0. The van der Waals surface area contributed by atoms with Crippen LogP contribution < -0.4 is 29.0 Å². The minimum atomic E-state index is -0.156. The van der Waals surface area contributed by atoms with Crippen LogP contribution in [0.15, 0.2) is 42.5 Å². The number of hydrogen-bond acceptors (Lipinski definition) is 6. The average Bonchev–Trinajstić information content (AvgIpc) is 2.68. The number of benzene rings is 2. The maximum absolute atomic E-state index is 11.8. The third kappa shape index (κ3) is 4.95. The third-order valence-electron chi connectivity index (χ3n) is 3.68. The molecule has 0 aromatic heterocycles. The molecule has 1 N–H and O–H groups in total. The largest absolute Gasteiger partial charge is 0.497 e. The highest BCUT2D eigenvalue weighted by atomic mass is 16.6. The van der Waals surface area contributed by atoms with Gasteiger partial charge in [-0.25, -0.2) is 0 Å². The van der Waals surface area contributed by atoms with Gasteiger partial charge in [-0.2, -0.15) is 0 Å². The predicted octanol–water partition coefficient (Wildman–Crippen LogP) is 2.39. The molecule has 0 atom stereocenters. The molecular weight excluding hydrogens is 338 g/mol. The maximum Gasteiger partial charge on any atom is 0.226 e. The number of nitrogens with one attached hydrogen (secondary N) is 1. The second-order valence-electron chi connectivity index (χ2n) is 5.47. The minimum absolute atomic E-state index is 0.0704. The van der Waals surface area contributed by atoms with E-state index in [1.807, 2.05) is 0 Å². The van der Waals surface area contributed by atoms with Gasteiger partial charge in [-0.1, -0.05) is 0 Å². The third-order valence-corrected chi connectivity index (χ3v) is 3.68. The zero-order chi connectivity index (χ0) is 18.2. The summed E-state index contributed by atoms with van der Waals surface area (Å²) in [4.78, 5) is 11.8. The first-order valence-electron chi connectivity index (χ1n) is 8.30. The van der Waals surface area contributed by atoms with Crippen LogP contribution in [0.5, 0.6) is 28.7 Å². The Morgan fingerprint density at radius 1 is 0.962 bits per heavy atom. The van der Waals surface area contributed by atoms with E-state index < -0.39 is 0 Å². The van der Waals surface area contributed by atoms with Crippen LogP contribution in [0.4, 0.5) is 0 Å². The number of ether oxygens (including phenoxy) is 5. The molecule has 2 aromatic rings. The van der Waals surface area contributed by atoms with Gasteiger partial charge in [0.05, 0.1) is 20.1 Å². The number of fused-ring (bicyclic) bond motifs is 1. The second-order valence-corrected chi connectivity index (χ2v) is 5.47. The number of amides is 1. The molecule has 0 fully saturated rings. The molecule has 2 aromatic carbocycles. The van der Waals surface area contributed by atoms with Crippen LogP contribution >= 0.6 is 0 Å². The van der Waals surface area contributed by atoms with Gasteiger partial charge in [-0.3, -0.25) is 4.79 Å². The first-order chi connectivity index (χ1) is 12.7. The molecule has 0 aliphatic carbocycles. The van der Waals surface area contributed by atoms with Crippen molar-refractivity contribution < 1.29 is 28.5 Å². The highest BCUT2D eigenvalue weighted by Gasteiger charge is 2.12. The standard InChI is InChI=1S/C19H21NO6/c1-22-14-2-4-15(5-3-14)23-9-8-19(21)20-13-26-16-6-7-17-18(12-16)25-11-10-24-17/h2-7,12H,8-11,13H2,1H3,(H,20,21). The van der Waals surface area contributed by atoms with E-state index in [9.17, 15) is 4.79 Å². The molecule has 7 nitrogen and oxygen atoms in total. The minimum Gasteiger partial charge on any atom is -0.497 e. The van der Waals surface area contributed by atoms with E-state index in [2.05, 4.69) is 5.32 Å². The number of carbonyl (C=O) groups is 1. The predicted molar refractivity (Wildman–Crippen MR) is 94.2 cm³/mol. The molecule has 1 aliphatic rings. The summed E-state index contributed by atoms with van der Waals surface area (Å²) in [6.45, 7) is 1.41. The number of rotatable bonds is 8. The van der Waals surface area contributed by atoms with Gasteiger partial charge in [-0.15, -0.1) is 0 Å². The Bertz CT molecular complexity index is 731. The van der Waals surface area contributed by atoms with Gasteiger partial charge in [0.2, 0.25) is 5.91 Å². The van der Waals surface area contributed by atoms with Crippen LogP contribution in [0.3, 0.4) is 0 Å². The molecule has 0 saturated heterocycles. The lowest BCUT2D eigenvalue weighted by Gasteiger charge is -2.19. The highest BCUT2D eigenvalue weighted by molar-refractivity contribution is 5.75. The summed E-state index contributed by atoms with van der Waals surface area (Å²) in [5, 5.41) is 2.68. The summed E-state index contributed by atoms with van der Waals surface area (Å²) in [6, 6.07) is 12.5. The Kier molecular flexibility index (Phi) is 6.03. The Balaban J connectivity index is 1.35. The molecule has 3 rings (SSSR count). The highest BCUT2D eigenvalue weighted by Crippen LogP contribution is 2.33. The monoisotopic (exact) mass is 359 g/mol. The smallest absolute Gasteiger partial charge is 0.226 e. The van der Waals surface area contributed by atoms with Crippen LogP contribution in [0.1, 0.15) is 6.42 Å². The van der Waals surface area contributed by atoms with Gasteiger partial charge in [0, 0.05) is 6.07 Å². The van der Waals surface area contributed by atoms with Crippen LogP contribution in [0, 0.1) is 0 Å². The van der Waals surface area contributed by atoms with Crippen molar-refractivity contribution in [2.45, 2.75) is 6.42 Å². The van der Waals surface area contributed by atoms with Gasteiger partial charge >= 0.3 is 0 Å². The van der Waals surface area contributed by atoms with Crippen molar-refractivity contribution in [3.8, 4) is 28.7 Å². The maximum atomic E-state index is 11.8. The average molecular weight is 359 g/mol. The van der Waals surface area contributed by atoms with Gasteiger partial charge in [0.1, 0.15) is 30.5 Å². The lowest BCUT2D eigenvalue weighted by Crippen LogP contribution is -2.28. The molecular formula is C19H21NO6. The van der Waals surface area contributed by atoms with Gasteiger partial charge in [-0.05, 0) is 36.4 Å². The van der Waals surface area contributed by atoms with Crippen LogP contribution in [-0.2, 0) is 4.79 Å². The van der Waals surface area contributed by atoms with Crippen molar-refractivity contribution in [1.29, 1.82) is 0 Å². The van der Waals surface area contributed by atoms with Crippen LogP contribution in [-0.4, -0.2) is 39.6 Å². The lowest BCUT2D eigenvalue weighted by molar-refractivity contribution is -0.122. The fourth-order valence-corrected chi connectivity index (χ4v) is 2.34. The van der Waals surface area contributed by atoms with Crippen molar-refractivity contribution in [2.24, 2.45) is 0 Å². The SMILES string of the molecule is COc1ccc(OCCC(=O)NCOc2ccc3c(c2)OCCO3)cc1. The summed E-state index contributed by atoms with van der Waals surface area (Å²) >= 11 is 0. The lowest BCUT2D eigenvalue weighted by atomic mass is 10.3. The summed E-state index contributed by atoms with van der Waals surface area (Å²) in [5.74, 6) is 3.23. The van der Waals surface area contributed by atoms with Crippen LogP contribution in [0.2, 0.25) is 0 Å². The van der Waals surface area contributed by atoms with Gasteiger partial charge in [0.15, 0.2) is 18.2 Å². The van der Waals surface area contributed by atoms with Gasteiger partial charge in [0.25, 0.3) is 0 Å². The van der Waals surface area contributed by atoms with Crippen molar-refractivity contribution in [2.75, 3.05) is 33.7 Å². The Hall–Kier alpha value is -3.09. The van der Waals surface area contributed by atoms with Crippen molar-refractivity contribution >= 4 is 5.91 Å². The fraction of sp³-hybridized carbons (Fsp3) is 0.316. The Morgan fingerprint density at radius 2 is 1.65 bits per heavy atom.